The minimum Gasteiger partial charge on any atom is -0.271 e. The standard InChI is InChI=1S/C13H20FN3/c14-12-7-11(8-16-9-12)13(17-15)6-10-4-2-1-3-5-10/h7-10,13,17H,1-6,15H2. The number of pyridine rings is 1. The highest BCUT2D eigenvalue weighted by Gasteiger charge is 2.19. The van der Waals surface area contributed by atoms with Crippen molar-refractivity contribution in [2.24, 2.45) is 11.8 Å². The number of nitrogens with zero attached hydrogens (tertiary/aromatic N) is 1. The average Bonchev–Trinajstić information content (AvgIpc) is 2.37. The molecule has 17 heavy (non-hydrogen) atoms. The molecule has 0 amide bonds. The van der Waals surface area contributed by atoms with Gasteiger partial charge in [-0.05, 0) is 24.0 Å². The first kappa shape index (κ1) is 12.5. The summed E-state index contributed by atoms with van der Waals surface area (Å²) in [5.74, 6) is 5.97. The first-order valence-corrected chi connectivity index (χ1v) is 6.36. The van der Waals surface area contributed by atoms with E-state index in [0.717, 1.165) is 12.0 Å². The zero-order valence-corrected chi connectivity index (χ0v) is 10.0. The molecule has 0 spiro atoms. The van der Waals surface area contributed by atoms with Crippen LogP contribution in [0.2, 0.25) is 0 Å². The van der Waals surface area contributed by atoms with Crippen LogP contribution in [-0.4, -0.2) is 4.98 Å². The van der Waals surface area contributed by atoms with Gasteiger partial charge in [0.2, 0.25) is 0 Å². The zero-order valence-electron chi connectivity index (χ0n) is 10.0. The van der Waals surface area contributed by atoms with Gasteiger partial charge in [-0.2, -0.15) is 0 Å². The molecule has 1 aromatic rings. The number of hydrogen-bond acceptors (Lipinski definition) is 3. The molecule has 3 N–H and O–H groups in total. The predicted octanol–water partition coefficient (Wildman–Crippen LogP) is 2.70. The second kappa shape index (κ2) is 6.07. The minimum atomic E-state index is -0.300. The molecule has 94 valence electrons. The lowest BCUT2D eigenvalue weighted by Crippen LogP contribution is -2.30. The van der Waals surface area contributed by atoms with Crippen molar-refractivity contribution in [1.29, 1.82) is 0 Å². The zero-order chi connectivity index (χ0) is 12.1. The minimum absolute atomic E-state index is 0.0151. The van der Waals surface area contributed by atoms with E-state index >= 15 is 0 Å². The van der Waals surface area contributed by atoms with E-state index in [-0.39, 0.29) is 11.9 Å². The topological polar surface area (TPSA) is 50.9 Å². The summed E-state index contributed by atoms with van der Waals surface area (Å²) in [6, 6.07) is 1.53. The van der Waals surface area contributed by atoms with Gasteiger partial charge in [0.1, 0.15) is 5.82 Å². The molecular weight excluding hydrogens is 217 g/mol. The molecule has 0 aromatic carbocycles. The number of hydrogen-bond donors (Lipinski definition) is 2. The Kier molecular flexibility index (Phi) is 4.45. The Morgan fingerprint density at radius 1 is 1.35 bits per heavy atom. The Morgan fingerprint density at radius 2 is 2.12 bits per heavy atom. The molecule has 1 aliphatic rings. The summed E-state index contributed by atoms with van der Waals surface area (Å²) in [5.41, 5.74) is 3.63. The Labute approximate surface area is 102 Å². The van der Waals surface area contributed by atoms with Gasteiger partial charge in [-0.1, -0.05) is 32.1 Å². The summed E-state index contributed by atoms with van der Waals surface area (Å²) >= 11 is 0. The van der Waals surface area contributed by atoms with Crippen molar-refractivity contribution in [3.63, 3.8) is 0 Å². The van der Waals surface area contributed by atoms with Crippen molar-refractivity contribution in [3.8, 4) is 0 Å². The SMILES string of the molecule is NNC(CC1CCCCC1)c1cncc(F)c1. The van der Waals surface area contributed by atoms with Crippen molar-refractivity contribution in [1.82, 2.24) is 10.4 Å². The first-order valence-electron chi connectivity index (χ1n) is 6.36. The number of rotatable bonds is 4. The van der Waals surface area contributed by atoms with Crippen molar-refractivity contribution in [2.45, 2.75) is 44.6 Å². The second-order valence-electron chi connectivity index (χ2n) is 4.90. The van der Waals surface area contributed by atoms with Gasteiger partial charge >= 0.3 is 0 Å². The van der Waals surface area contributed by atoms with Gasteiger partial charge in [0, 0.05) is 12.2 Å². The quantitative estimate of drug-likeness (QED) is 0.625. The lowest BCUT2D eigenvalue weighted by molar-refractivity contribution is 0.300. The molecule has 4 heteroatoms. The van der Waals surface area contributed by atoms with Gasteiger partial charge in [-0.15, -0.1) is 0 Å². The highest BCUT2D eigenvalue weighted by Crippen LogP contribution is 2.31. The van der Waals surface area contributed by atoms with Gasteiger partial charge < -0.3 is 0 Å². The van der Waals surface area contributed by atoms with Crippen LogP contribution in [0.4, 0.5) is 4.39 Å². The van der Waals surface area contributed by atoms with Gasteiger partial charge in [0.15, 0.2) is 0 Å². The molecule has 0 radical (unpaired) electrons. The Balaban J connectivity index is 2.00. The van der Waals surface area contributed by atoms with E-state index in [2.05, 4.69) is 10.4 Å². The fourth-order valence-corrected chi connectivity index (χ4v) is 2.68. The first-order chi connectivity index (χ1) is 8.29. The van der Waals surface area contributed by atoms with E-state index in [0.29, 0.717) is 5.92 Å². The van der Waals surface area contributed by atoms with Crippen LogP contribution in [0.15, 0.2) is 18.5 Å². The molecule has 3 nitrogen and oxygen atoms in total. The molecule has 0 saturated heterocycles. The van der Waals surface area contributed by atoms with Crippen LogP contribution in [0.5, 0.6) is 0 Å². The molecule has 1 aliphatic carbocycles. The fourth-order valence-electron chi connectivity index (χ4n) is 2.68. The highest BCUT2D eigenvalue weighted by atomic mass is 19.1. The van der Waals surface area contributed by atoms with E-state index in [1.807, 2.05) is 0 Å². The fraction of sp³-hybridized carbons (Fsp3) is 0.615. The highest BCUT2D eigenvalue weighted by molar-refractivity contribution is 5.15. The predicted molar refractivity (Wildman–Crippen MR) is 65.5 cm³/mol. The summed E-state index contributed by atoms with van der Waals surface area (Å²) < 4.78 is 13.1. The van der Waals surface area contributed by atoms with Gasteiger partial charge in [0.05, 0.1) is 6.20 Å². The summed E-state index contributed by atoms with van der Waals surface area (Å²) in [4.78, 5) is 3.88. The van der Waals surface area contributed by atoms with Crippen molar-refractivity contribution in [3.05, 3.63) is 29.8 Å². The van der Waals surface area contributed by atoms with Gasteiger partial charge in [0.25, 0.3) is 0 Å². The van der Waals surface area contributed by atoms with Crippen molar-refractivity contribution in [2.75, 3.05) is 0 Å². The van der Waals surface area contributed by atoms with Crippen LogP contribution in [0.25, 0.3) is 0 Å². The average molecular weight is 237 g/mol. The molecular formula is C13H20FN3. The Bertz CT molecular complexity index is 350. The van der Waals surface area contributed by atoms with Crippen LogP contribution in [0, 0.1) is 11.7 Å². The number of hydrazine groups is 1. The number of halogens is 1. The lowest BCUT2D eigenvalue weighted by atomic mass is 9.84. The molecule has 1 fully saturated rings. The molecule has 1 atom stereocenters. The number of nitrogens with one attached hydrogen (secondary N) is 1. The van der Waals surface area contributed by atoms with E-state index in [9.17, 15) is 4.39 Å². The van der Waals surface area contributed by atoms with E-state index in [1.165, 1.54) is 44.4 Å². The van der Waals surface area contributed by atoms with Crippen molar-refractivity contribution < 1.29 is 4.39 Å². The van der Waals surface area contributed by atoms with Crippen LogP contribution >= 0.6 is 0 Å². The summed E-state index contributed by atoms with van der Waals surface area (Å²) in [6.45, 7) is 0. The Morgan fingerprint density at radius 3 is 2.76 bits per heavy atom. The van der Waals surface area contributed by atoms with Crippen molar-refractivity contribution >= 4 is 0 Å². The van der Waals surface area contributed by atoms with E-state index < -0.39 is 0 Å². The number of nitrogens with two attached hydrogens (primary N) is 1. The third-order valence-corrected chi connectivity index (χ3v) is 3.62. The molecule has 2 rings (SSSR count). The van der Waals surface area contributed by atoms with E-state index in [1.54, 1.807) is 6.20 Å². The molecule has 0 aliphatic heterocycles. The summed E-state index contributed by atoms with van der Waals surface area (Å²) in [5, 5.41) is 0. The summed E-state index contributed by atoms with van der Waals surface area (Å²) in [6.07, 6.45) is 10.4. The summed E-state index contributed by atoms with van der Waals surface area (Å²) in [7, 11) is 0. The van der Waals surface area contributed by atoms with Crippen LogP contribution in [0.3, 0.4) is 0 Å². The largest absolute Gasteiger partial charge is 0.271 e. The smallest absolute Gasteiger partial charge is 0.141 e. The third kappa shape index (κ3) is 3.48. The normalized spacial score (nSPS) is 19.2. The monoisotopic (exact) mass is 237 g/mol. The third-order valence-electron chi connectivity index (χ3n) is 3.62. The van der Waals surface area contributed by atoms with E-state index in [4.69, 9.17) is 5.84 Å². The van der Waals surface area contributed by atoms with Crippen LogP contribution < -0.4 is 11.3 Å². The Hall–Kier alpha value is -1.00. The molecule has 0 bridgehead atoms. The maximum absolute atomic E-state index is 13.1. The van der Waals surface area contributed by atoms with Gasteiger partial charge in [-0.25, -0.2) is 4.39 Å². The molecule has 1 aromatic heterocycles. The van der Waals surface area contributed by atoms with Crippen LogP contribution in [0.1, 0.15) is 50.1 Å². The maximum atomic E-state index is 13.1. The molecule has 1 saturated carbocycles. The molecule has 1 heterocycles. The van der Waals surface area contributed by atoms with Crippen LogP contribution in [-0.2, 0) is 0 Å². The maximum Gasteiger partial charge on any atom is 0.141 e. The number of aromatic nitrogens is 1. The lowest BCUT2D eigenvalue weighted by Gasteiger charge is -2.26. The van der Waals surface area contributed by atoms with Gasteiger partial charge in [-0.3, -0.25) is 16.3 Å². The molecule has 1 unspecified atom stereocenters. The second-order valence-corrected chi connectivity index (χ2v) is 4.90.